The predicted octanol–water partition coefficient (Wildman–Crippen LogP) is 5.92. The number of piperidine rings is 2. The average molecular weight is 490 g/mol. The molecule has 0 amide bonds. The highest BCUT2D eigenvalue weighted by atomic mass is 19.1. The first-order valence-corrected chi connectivity index (χ1v) is 13.7. The molecule has 0 radical (unpaired) electrons. The van der Waals surface area contributed by atoms with Gasteiger partial charge >= 0.3 is 0 Å². The summed E-state index contributed by atoms with van der Waals surface area (Å²) >= 11 is 0. The second-order valence-electron chi connectivity index (χ2n) is 10.7. The lowest BCUT2D eigenvalue weighted by atomic mass is 10.00. The summed E-state index contributed by atoms with van der Waals surface area (Å²) in [6, 6.07) is 11.0. The number of imidazole rings is 1. The Labute approximate surface area is 215 Å². The molecule has 2 aliphatic heterocycles. The Morgan fingerprint density at radius 2 is 1.72 bits per heavy atom. The zero-order valence-electron chi connectivity index (χ0n) is 22.1. The van der Waals surface area contributed by atoms with E-state index in [-0.39, 0.29) is 5.83 Å². The fourth-order valence-electron chi connectivity index (χ4n) is 5.95. The third kappa shape index (κ3) is 5.70. The standard InChI is InChI=1S/C30H40FN5/c1-4-28-33-29-22(2)18-23(3)32-30(29)36(28)20-25-10-8-24(9-11-25)19-26(31)21-34-16-12-27(13-17-34)35-14-6-5-7-15-35/h8-11,18-19,27H,4-7,12-17,20-21H2,1-3H3. The molecule has 0 bridgehead atoms. The van der Waals surface area contributed by atoms with Crippen molar-refractivity contribution < 1.29 is 4.39 Å². The number of likely N-dealkylation sites (tertiary alicyclic amines) is 2. The molecule has 4 heterocycles. The summed E-state index contributed by atoms with van der Waals surface area (Å²) in [7, 11) is 0. The predicted molar refractivity (Wildman–Crippen MR) is 146 cm³/mol. The van der Waals surface area contributed by atoms with E-state index in [1.807, 2.05) is 19.1 Å². The van der Waals surface area contributed by atoms with Crippen molar-refractivity contribution in [3.8, 4) is 0 Å². The zero-order valence-corrected chi connectivity index (χ0v) is 22.1. The molecule has 6 heteroatoms. The highest BCUT2D eigenvalue weighted by Crippen LogP contribution is 2.23. The lowest BCUT2D eigenvalue weighted by Crippen LogP contribution is -2.46. The second-order valence-corrected chi connectivity index (χ2v) is 10.7. The number of fused-ring (bicyclic) bond motifs is 1. The molecule has 192 valence electrons. The molecule has 0 aliphatic carbocycles. The van der Waals surface area contributed by atoms with Crippen LogP contribution < -0.4 is 0 Å². The first-order valence-electron chi connectivity index (χ1n) is 13.7. The van der Waals surface area contributed by atoms with Gasteiger partial charge in [-0.2, -0.15) is 0 Å². The molecular formula is C30H40FN5. The van der Waals surface area contributed by atoms with Crippen LogP contribution >= 0.6 is 0 Å². The molecule has 5 nitrogen and oxygen atoms in total. The van der Waals surface area contributed by atoms with Crippen LogP contribution in [-0.2, 0) is 13.0 Å². The molecule has 0 saturated carbocycles. The van der Waals surface area contributed by atoms with E-state index in [1.165, 1.54) is 50.8 Å². The van der Waals surface area contributed by atoms with E-state index in [1.54, 1.807) is 6.08 Å². The molecule has 36 heavy (non-hydrogen) atoms. The highest BCUT2D eigenvalue weighted by Gasteiger charge is 2.25. The Hall–Kier alpha value is -2.57. The van der Waals surface area contributed by atoms with E-state index in [4.69, 9.17) is 9.97 Å². The van der Waals surface area contributed by atoms with Crippen molar-refractivity contribution in [1.82, 2.24) is 24.3 Å². The Bertz CT molecular complexity index is 1200. The van der Waals surface area contributed by atoms with Gasteiger partial charge in [0.2, 0.25) is 0 Å². The van der Waals surface area contributed by atoms with Crippen LogP contribution in [0.2, 0.25) is 0 Å². The summed E-state index contributed by atoms with van der Waals surface area (Å²) < 4.78 is 17.1. The van der Waals surface area contributed by atoms with Gasteiger partial charge in [-0.25, -0.2) is 14.4 Å². The summed E-state index contributed by atoms with van der Waals surface area (Å²) in [5, 5.41) is 0. The molecular weight excluding hydrogens is 449 g/mol. The first-order chi connectivity index (χ1) is 17.5. The molecule has 1 aromatic carbocycles. The Morgan fingerprint density at radius 1 is 1.00 bits per heavy atom. The minimum absolute atomic E-state index is 0.0526. The van der Waals surface area contributed by atoms with Crippen LogP contribution in [0, 0.1) is 13.8 Å². The Kier molecular flexibility index (Phi) is 7.82. The fourth-order valence-corrected chi connectivity index (χ4v) is 5.95. The first kappa shape index (κ1) is 25.1. The van der Waals surface area contributed by atoms with E-state index in [0.29, 0.717) is 19.1 Å². The number of benzene rings is 1. The van der Waals surface area contributed by atoms with E-state index >= 15 is 0 Å². The van der Waals surface area contributed by atoms with Crippen molar-refractivity contribution in [1.29, 1.82) is 0 Å². The number of rotatable bonds is 7. The van der Waals surface area contributed by atoms with E-state index in [2.05, 4.69) is 46.4 Å². The van der Waals surface area contributed by atoms with Crippen molar-refractivity contribution in [2.75, 3.05) is 32.7 Å². The summed E-state index contributed by atoms with van der Waals surface area (Å²) in [5.41, 5.74) is 6.19. The number of nitrogens with zero attached hydrogens (tertiary/aromatic N) is 5. The highest BCUT2D eigenvalue weighted by molar-refractivity contribution is 5.76. The molecule has 0 spiro atoms. The lowest BCUT2D eigenvalue weighted by Gasteiger charge is -2.40. The third-order valence-electron chi connectivity index (χ3n) is 7.90. The largest absolute Gasteiger partial charge is 0.308 e. The van der Waals surface area contributed by atoms with Crippen LogP contribution in [-0.4, -0.2) is 63.1 Å². The Balaban J connectivity index is 1.20. The normalized spacial score (nSPS) is 18.8. The van der Waals surface area contributed by atoms with Crippen molar-refractivity contribution in [2.24, 2.45) is 0 Å². The number of hydrogen-bond acceptors (Lipinski definition) is 4. The summed E-state index contributed by atoms with van der Waals surface area (Å²) in [6.07, 6.45) is 8.94. The van der Waals surface area contributed by atoms with Gasteiger partial charge < -0.3 is 9.47 Å². The summed E-state index contributed by atoms with van der Waals surface area (Å²) in [4.78, 5) is 14.6. The van der Waals surface area contributed by atoms with E-state index in [0.717, 1.165) is 53.3 Å². The van der Waals surface area contributed by atoms with Crippen LogP contribution in [0.5, 0.6) is 0 Å². The lowest BCUT2D eigenvalue weighted by molar-refractivity contribution is 0.0945. The van der Waals surface area contributed by atoms with Crippen molar-refractivity contribution in [2.45, 2.75) is 71.9 Å². The minimum atomic E-state index is -0.0526. The number of aromatic nitrogens is 3. The molecule has 2 fully saturated rings. The molecule has 2 saturated heterocycles. The van der Waals surface area contributed by atoms with Gasteiger partial charge in [0.1, 0.15) is 17.2 Å². The second kappa shape index (κ2) is 11.2. The molecule has 0 unspecified atom stereocenters. The molecule has 3 aromatic rings. The number of pyridine rings is 1. The maximum absolute atomic E-state index is 14.9. The fraction of sp³-hybridized carbons (Fsp3) is 0.533. The zero-order chi connectivity index (χ0) is 25.1. The third-order valence-corrected chi connectivity index (χ3v) is 7.90. The number of hydrogen-bond donors (Lipinski definition) is 0. The van der Waals surface area contributed by atoms with Gasteiger partial charge in [-0.05, 0) is 81.5 Å². The topological polar surface area (TPSA) is 37.2 Å². The van der Waals surface area contributed by atoms with Crippen LogP contribution in [0.4, 0.5) is 4.39 Å². The van der Waals surface area contributed by atoms with Gasteiger partial charge in [-0.1, -0.05) is 37.6 Å². The van der Waals surface area contributed by atoms with Gasteiger partial charge in [0.05, 0.1) is 13.1 Å². The molecule has 0 N–H and O–H groups in total. The summed E-state index contributed by atoms with van der Waals surface area (Å²) in [6.45, 7) is 11.9. The number of halogens is 1. The van der Waals surface area contributed by atoms with Gasteiger partial charge in [-0.15, -0.1) is 0 Å². The van der Waals surface area contributed by atoms with Crippen molar-refractivity contribution in [3.63, 3.8) is 0 Å². The SMILES string of the molecule is CCc1nc2c(C)cc(C)nc2n1Cc1ccc(C=C(F)CN2CCC(N3CCCCC3)CC2)cc1. The molecule has 5 rings (SSSR count). The smallest absolute Gasteiger partial charge is 0.160 e. The van der Waals surface area contributed by atoms with Crippen LogP contribution in [0.1, 0.15) is 67.2 Å². The van der Waals surface area contributed by atoms with Crippen LogP contribution in [0.25, 0.3) is 17.2 Å². The van der Waals surface area contributed by atoms with E-state index in [9.17, 15) is 4.39 Å². The van der Waals surface area contributed by atoms with Crippen molar-refractivity contribution in [3.05, 3.63) is 64.4 Å². The average Bonchev–Trinajstić information content (AvgIpc) is 3.23. The summed E-state index contributed by atoms with van der Waals surface area (Å²) in [5.74, 6) is 0.994. The number of aryl methyl sites for hydroxylation is 3. The quantitative estimate of drug-likeness (QED) is 0.413. The van der Waals surface area contributed by atoms with Gasteiger partial charge in [0.15, 0.2) is 5.65 Å². The van der Waals surface area contributed by atoms with Gasteiger partial charge in [0, 0.05) is 31.2 Å². The van der Waals surface area contributed by atoms with Crippen LogP contribution in [0.15, 0.2) is 36.2 Å². The Morgan fingerprint density at radius 3 is 2.42 bits per heavy atom. The molecule has 2 aliphatic rings. The van der Waals surface area contributed by atoms with Crippen LogP contribution in [0.3, 0.4) is 0 Å². The minimum Gasteiger partial charge on any atom is -0.308 e. The maximum atomic E-state index is 14.9. The maximum Gasteiger partial charge on any atom is 0.160 e. The molecule has 0 atom stereocenters. The van der Waals surface area contributed by atoms with Gasteiger partial charge in [-0.3, -0.25) is 4.90 Å². The molecule has 2 aromatic heterocycles. The van der Waals surface area contributed by atoms with E-state index < -0.39 is 0 Å². The van der Waals surface area contributed by atoms with Crippen molar-refractivity contribution >= 4 is 17.2 Å². The monoisotopic (exact) mass is 489 g/mol. The van der Waals surface area contributed by atoms with Gasteiger partial charge in [0.25, 0.3) is 0 Å².